The summed E-state index contributed by atoms with van der Waals surface area (Å²) in [6, 6.07) is 9.65. The van der Waals surface area contributed by atoms with E-state index in [-0.39, 0.29) is 5.56 Å². The molecule has 28 heavy (non-hydrogen) atoms. The Morgan fingerprint density at radius 2 is 2.14 bits per heavy atom. The second-order valence-corrected chi connectivity index (χ2v) is 10.3. The van der Waals surface area contributed by atoms with Gasteiger partial charge in [0.25, 0.3) is 5.56 Å². The summed E-state index contributed by atoms with van der Waals surface area (Å²) in [6.07, 6.45) is 2.27. The van der Waals surface area contributed by atoms with E-state index in [1.807, 2.05) is 18.2 Å². The molecule has 1 fully saturated rings. The average Bonchev–Trinajstić information content (AvgIpc) is 2.99. The summed E-state index contributed by atoms with van der Waals surface area (Å²) in [7, 11) is 0. The van der Waals surface area contributed by atoms with Crippen molar-refractivity contribution in [2.45, 2.75) is 26.3 Å². The Balaban J connectivity index is 1.92. The van der Waals surface area contributed by atoms with Crippen LogP contribution in [0.2, 0.25) is 0 Å². The maximum Gasteiger partial charge on any atom is 0.273 e. The van der Waals surface area contributed by atoms with Gasteiger partial charge in [-0.25, -0.2) is 4.98 Å². The van der Waals surface area contributed by atoms with Crippen LogP contribution in [-0.2, 0) is 6.54 Å². The summed E-state index contributed by atoms with van der Waals surface area (Å²) in [5.74, 6) is 1.24. The highest BCUT2D eigenvalue weighted by Crippen LogP contribution is 2.38. The van der Waals surface area contributed by atoms with E-state index in [1.165, 1.54) is 17.8 Å². The Hall–Kier alpha value is -1.69. The molecule has 5 nitrogen and oxygen atoms in total. The van der Waals surface area contributed by atoms with Crippen molar-refractivity contribution < 1.29 is 0 Å². The van der Waals surface area contributed by atoms with E-state index >= 15 is 0 Å². The molecule has 1 aliphatic heterocycles. The molecule has 8 heteroatoms. The molecule has 4 rings (SSSR count). The highest BCUT2D eigenvalue weighted by molar-refractivity contribution is 9.13. The summed E-state index contributed by atoms with van der Waals surface area (Å²) in [4.78, 5) is 20.5. The van der Waals surface area contributed by atoms with E-state index in [0.717, 1.165) is 33.3 Å². The topological polar surface area (TPSA) is 61.9 Å². The molecule has 0 aliphatic carbocycles. The standard InChI is InChI=1S/C20H18Br2N4OS/c1-12-5-4-8-25(10-12)20-24-16-15(21)18(22)28-17(16)19(27)26(20)11-14-7-3-2-6-13(14)9-23/h2-3,6-7,12H,4-5,8,10-11H2,1H3. The number of benzene rings is 1. The number of fused-ring (bicyclic) bond motifs is 1. The molecule has 1 saturated heterocycles. The lowest BCUT2D eigenvalue weighted by Crippen LogP contribution is -2.39. The van der Waals surface area contributed by atoms with E-state index in [0.29, 0.717) is 34.2 Å². The van der Waals surface area contributed by atoms with Crippen molar-refractivity contribution in [1.82, 2.24) is 9.55 Å². The minimum atomic E-state index is -0.0673. The van der Waals surface area contributed by atoms with Crippen LogP contribution in [0.3, 0.4) is 0 Å². The number of nitriles is 1. The number of aromatic nitrogens is 2. The third-order valence-electron chi connectivity index (χ3n) is 5.09. The van der Waals surface area contributed by atoms with Crippen molar-refractivity contribution in [2.24, 2.45) is 5.92 Å². The van der Waals surface area contributed by atoms with Gasteiger partial charge in [-0.3, -0.25) is 9.36 Å². The first-order valence-corrected chi connectivity index (χ1v) is 11.5. The Morgan fingerprint density at radius 1 is 1.36 bits per heavy atom. The largest absolute Gasteiger partial charge is 0.342 e. The van der Waals surface area contributed by atoms with Gasteiger partial charge >= 0.3 is 0 Å². The molecule has 0 radical (unpaired) electrons. The fourth-order valence-corrected chi connectivity index (χ4v) is 5.83. The number of halogens is 2. The van der Waals surface area contributed by atoms with Crippen LogP contribution in [0.1, 0.15) is 30.9 Å². The number of hydrogen-bond donors (Lipinski definition) is 0. The van der Waals surface area contributed by atoms with Crippen LogP contribution in [0.15, 0.2) is 37.3 Å². The molecule has 3 heterocycles. The van der Waals surface area contributed by atoms with Crippen molar-refractivity contribution >= 4 is 59.4 Å². The highest BCUT2D eigenvalue weighted by Gasteiger charge is 2.25. The monoisotopic (exact) mass is 520 g/mol. The smallest absolute Gasteiger partial charge is 0.273 e. The van der Waals surface area contributed by atoms with Gasteiger partial charge in [-0.2, -0.15) is 5.26 Å². The number of rotatable bonds is 3. The fraction of sp³-hybridized carbons (Fsp3) is 0.350. The molecule has 144 valence electrons. The van der Waals surface area contributed by atoms with Crippen molar-refractivity contribution in [2.75, 3.05) is 18.0 Å². The molecule has 2 aromatic heterocycles. The van der Waals surface area contributed by atoms with E-state index in [1.54, 1.807) is 10.6 Å². The predicted molar refractivity (Wildman–Crippen MR) is 120 cm³/mol. The Labute approximate surface area is 183 Å². The molecule has 0 spiro atoms. The van der Waals surface area contributed by atoms with E-state index < -0.39 is 0 Å². The second kappa shape index (κ2) is 7.97. The Bertz CT molecular complexity index is 1150. The molecular weight excluding hydrogens is 504 g/mol. The van der Waals surface area contributed by atoms with Gasteiger partial charge in [-0.15, -0.1) is 11.3 Å². The molecule has 0 N–H and O–H groups in total. The van der Waals surface area contributed by atoms with Crippen LogP contribution in [-0.4, -0.2) is 22.6 Å². The maximum absolute atomic E-state index is 13.4. The SMILES string of the molecule is CC1CCCN(c2nc3c(Br)c(Br)sc3c(=O)n2Cc2ccccc2C#N)C1. The number of thiophene rings is 1. The number of anilines is 1. The van der Waals surface area contributed by atoms with Crippen LogP contribution in [0.4, 0.5) is 5.95 Å². The first-order chi connectivity index (χ1) is 13.5. The average molecular weight is 522 g/mol. The van der Waals surface area contributed by atoms with Gasteiger partial charge in [0.2, 0.25) is 5.95 Å². The number of nitrogens with zero attached hydrogens (tertiary/aromatic N) is 4. The minimum Gasteiger partial charge on any atom is -0.342 e. The molecule has 1 unspecified atom stereocenters. The van der Waals surface area contributed by atoms with Crippen LogP contribution in [0, 0.1) is 17.2 Å². The van der Waals surface area contributed by atoms with Gasteiger partial charge in [0.15, 0.2) is 0 Å². The van der Waals surface area contributed by atoms with Crippen LogP contribution in [0.25, 0.3) is 10.2 Å². The van der Waals surface area contributed by atoms with Gasteiger partial charge in [0.1, 0.15) is 10.2 Å². The zero-order valence-electron chi connectivity index (χ0n) is 15.3. The molecule has 1 atom stereocenters. The lowest BCUT2D eigenvalue weighted by Gasteiger charge is -2.33. The van der Waals surface area contributed by atoms with Crippen molar-refractivity contribution in [3.63, 3.8) is 0 Å². The third-order valence-corrected chi connectivity index (χ3v) is 8.49. The van der Waals surface area contributed by atoms with Crippen LogP contribution in [0.5, 0.6) is 0 Å². The van der Waals surface area contributed by atoms with Crippen molar-refractivity contribution in [3.05, 3.63) is 54.0 Å². The van der Waals surface area contributed by atoms with E-state index in [4.69, 9.17) is 4.98 Å². The molecule has 3 aromatic rings. The van der Waals surface area contributed by atoms with Gasteiger partial charge in [-0.1, -0.05) is 25.1 Å². The minimum absolute atomic E-state index is 0.0673. The predicted octanol–water partition coefficient (Wildman–Crippen LogP) is 5.14. The summed E-state index contributed by atoms with van der Waals surface area (Å²) < 4.78 is 4.02. The molecule has 1 aliphatic rings. The zero-order chi connectivity index (χ0) is 19.8. The zero-order valence-corrected chi connectivity index (χ0v) is 19.3. The summed E-state index contributed by atoms with van der Waals surface area (Å²) >= 11 is 8.46. The summed E-state index contributed by atoms with van der Waals surface area (Å²) in [5.41, 5.74) is 2.04. The number of hydrogen-bond acceptors (Lipinski definition) is 5. The van der Waals surface area contributed by atoms with Crippen molar-refractivity contribution in [1.29, 1.82) is 5.26 Å². The first-order valence-electron chi connectivity index (χ1n) is 9.11. The quantitative estimate of drug-likeness (QED) is 0.478. The fourth-order valence-electron chi connectivity index (χ4n) is 3.69. The summed E-state index contributed by atoms with van der Waals surface area (Å²) in [5, 5.41) is 9.46. The van der Waals surface area contributed by atoms with Crippen LogP contribution < -0.4 is 10.5 Å². The molecule has 1 aromatic carbocycles. The molecule has 0 saturated carbocycles. The van der Waals surface area contributed by atoms with E-state index in [9.17, 15) is 10.1 Å². The Morgan fingerprint density at radius 3 is 2.89 bits per heavy atom. The lowest BCUT2D eigenvalue weighted by atomic mass is 10.0. The van der Waals surface area contributed by atoms with Gasteiger partial charge in [-0.05, 0) is 62.2 Å². The normalized spacial score (nSPS) is 17.1. The molecule has 0 amide bonds. The van der Waals surface area contributed by atoms with Gasteiger partial charge in [0, 0.05) is 13.1 Å². The molecular formula is C20H18Br2N4OS. The number of piperidine rings is 1. The first kappa shape index (κ1) is 19.6. The highest BCUT2D eigenvalue weighted by atomic mass is 79.9. The van der Waals surface area contributed by atoms with E-state index in [2.05, 4.69) is 49.8 Å². The Kier molecular flexibility index (Phi) is 5.59. The van der Waals surface area contributed by atoms with Crippen LogP contribution >= 0.6 is 43.2 Å². The maximum atomic E-state index is 13.4. The summed E-state index contributed by atoms with van der Waals surface area (Å²) in [6.45, 7) is 4.32. The van der Waals surface area contributed by atoms with Gasteiger partial charge in [0.05, 0.1) is 26.4 Å². The molecule has 0 bridgehead atoms. The lowest BCUT2D eigenvalue weighted by molar-refractivity contribution is 0.437. The third kappa shape index (κ3) is 3.51. The second-order valence-electron chi connectivity index (χ2n) is 7.13. The van der Waals surface area contributed by atoms with Gasteiger partial charge < -0.3 is 4.90 Å². The van der Waals surface area contributed by atoms with Crippen molar-refractivity contribution in [3.8, 4) is 6.07 Å².